The van der Waals surface area contributed by atoms with Crippen LogP contribution in [0.4, 0.5) is 29.3 Å². The second-order valence-electron chi connectivity index (χ2n) is 8.17. The summed E-state index contributed by atoms with van der Waals surface area (Å²) in [6.45, 7) is -0.588. The molecule has 212 valence electrons. The number of nitrogens with zero attached hydrogens (tertiary/aromatic N) is 2. The van der Waals surface area contributed by atoms with Gasteiger partial charge in [-0.1, -0.05) is 27.5 Å². The molecule has 3 amide bonds. The average Bonchev–Trinajstić information content (AvgIpc) is 3.14. The van der Waals surface area contributed by atoms with E-state index < -0.39 is 51.7 Å². The van der Waals surface area contributed by atoms with Crippen molar-refractivity contribution in [3.05, 3.63) is 94.7 Å². The Kier molecular flexibility index (Phi) is 9.11. The molecule has 0 atom stereocenters. The summed E-state index contributed by atoms with van der Waals surface area (Å²) < 4.78 is 45.9. The second kappa shape index (κ2) is 12.2. The number of halogens is 6. The van der Waals surface area contributed by atoms with Crippen molar-refractivity contribution in [2.45, 2.75) is 6.18 Å². The second-order valence-corrected chi connectivity index (χ2v) is 11.3. The van der Waals surface area contributed by atoms with E-state index in [1.165, 1.54) is 30.3 Å². The number of nitro groups is 1. The SMILES string of the molecule is O=C(CN1C(=O)S/C(=C/c2cc(Br)ccc2Oc2ccc(C(F)(F)F)cc2[N+](=O)[O-])C1=O)Nc1ccc(Br)c(Cl)c1. The number of carbonyl (C=O) groups excluding carboxylic acids is 3. The molecule has 1 aliphatic heterocycles. The van der Waals surface area contributed by atoms with Gasteiger partial charge in [0.1, 0.15) is 12.3 Å². The largest absolute Gasteiger partial charge is 0.449 e. The minimum atomic E-state index is -4.81. The summed E-state index contributed by atoms with van der Waals surface area (Å²) in [5.74, 6) is -1.96. The number of thioether (sulfide) groups is 1. The maximum absolute atomic E-state index is 13.1. The van der Waals surface area contributed by atoms with Gasteiger partial charge in [-0.2, -0.15) is 13.2 Å². The van der Waals surface area contributed by atoms with Crippen LogP contribution in [0.1, 0.15) is 11.1 Å². The van der Waals surface area contributed by atoms with Gasteiger partial charge in [-0.15, -0.1) is 0 Å². The predicted octanol–water partition coefficient (Wildman–Crippen LogP) is 8.26. The number of benzene rings is 3. The Balaban J connectivity index is 1.58. The Morgan fingerprint density at radius 2 is 1.80 bits per heavy atom. The molecule has 0 aliphatic carbocycles. The van der Waals surface area contributed by atoms with Gasteiger partial charge in [-0.3, -0.25) is 29.4 Å². The lowest BCUT2D eigenvalue weighted by molar-refractivity contribution is -0.385. The number of anilines is 1. The molecule has 0 spiro atoms. The van der Waals surface area contributed by atoms with Crippen molar-refractivity contribution in [1.82, 2.24) is 4.90 Å². The lowest BCUT2D eigenvalue weighted by Crippen LogP contribution is -2.36. The van der Waals surface area contributed by atoms with Crippen LogP contribution < -0.4 is 10.1 Å². The van der Waals surface area contributed by atoms with E-state index in [4.69, 9.17) is 16.3 Å². The Morgan fingerprint density at radius 3 is 2.46 bits per heavy atom. The summed E-state index contributed by atoms with van der Waals surface area (Å²) in [6.07, 6.45) is -3.54. The fraction of sp³-hybridized carbons (Fsp3) is 0.0800. The Labute approximate surface area is 255 Å². The van der Waals surface area contributed by atoms with Crippen LogP contribution in [0, 0.1) is 10.1 Å². The van der Waals surface area contributed by atoms with Crippen LogP contribution >= 0.6 is 55.2 Å². The van der Waals surface area contributed by atoms with Crippen LogP contribution in [0.5, 0.6) is 11.5 Å². The van der Waals surface area contributed by atoms with Crippen molar-refractivity contribution in [1.29, 1.82) is 0 Å². The summed E-state index contributed by atoms with van der Waals surface area (Å²) in [5.41, 5.74) is -1.63. The first-order chi connectivity index (χ1) is 19.2. The highest BCUT2D eigenvalue weighted by Gasteiger charge is 2.37. The number of rotatable bonds is 7. The van der Waals surface area contributed by atoms with E-state index >= 15 is 0 Å². The summed E-state index contributed by atoms with van der Waals surface area (Å²) in [5, 5.41) is 13.6. The lowest BCUT2D eigenvalue weighted by Gasteiger charge is -2.13. The number of imide groups is 1. The highest BCUT2D eigenvalue weighted by molar-refractivity contribution is 9.10. The molecule has 41 heavy (non-hydrogen) atoms. The molecule has 0 bridgehead atoms. The molecule has 4 rings (SSSR count). The van der Waals surface area contributed by atoms with Gasteiger partial charge in [0.15, 0.2) is 0 Å². The molecule has 0 saturated carbocycles. The van der Waals surface area contributed by atoms with Gasteiger partial charge < -0.3 is 10.1 Å². The number of hydrogen-bond donors (Lipinski definition) is 1. The van der Waals surface area contributed by atoms with E-state index in [1.807, 2.05) is 0 Å². The van der Waals surface area contributed by atoms with Crippen LogP contribution in [0.25, 0.3) is 6.08 Å². The number of nitrogens with one attached hydrogen (secondary N) is 1. The van der Waals surface area contributed by atoms with Gasteiger partial charge in [0.25, 0.3) is 11.1 Å². The van der Waals surface area contributed by atoms with Crippen molar-refractivity contribution in [3.63, 3.8) is 0 Å². The molecule has 1 fully saturated rings. The molecule has 1 aliphatic rings. The third-order valence-electron chi connectivity index (χ3n) is 5.34. The van der Waals surface area contributed by atoms with Gasteiger partial charge in [0, 0.05) is 26.3 Å². The van der Waals surface area contributed by atoms with Crippen molar-refractivity contribution >= 4 is 89.7 Å². The summed E-state index contributed by atoms with van der Waals surface area (Å²) >= 11 is 13.1. The third kappa shape index (κ3) is 7.28. The highest BCUT2D eigenvalue weighted by Crippen LogP contribution is 2.40. The molecule has 3 aromatic carbocycles. The van der Waals surface area contributed by atoms with E-state index in [0.29, 0.717) is 43.6 Å². The standard InChI is InChI=1S/C25H13Br2ClF3N3O6S/c26-14-2-6-19(40-20-5-1-13(25(29,30)31)9-18(20)34(38)39)12(7-14)8-21-23(36)33(24(37)41-21)11-22(35)32-15-3-4-16(27)17(28)10-15/h1-10H,11H2,(H,32,35)/b21-8+. The van der Waals surface area contributed by atoms with Crippen LogP contribution in [-0.4, -0.2) is 33.4 Å². The van der Waals surface area contributed by atoms with Gasteiger partial charge in [-0.05, 0) is 82.3 Å². The summed E-state index contributed by atoms with van der Waals surface area (Å²) in [7, 11) is 0. The van der Waals surface area contributed by atoms with Gasteiger partial charge in [0.05, 0.1) is 20.4 Å². The fourth-order valence-electron chi connectivity index (χ4n) is 3.46. The molecular weight excluding hydrogens is 723 g/mol. The maximum Gasteiger partial charge on any atom is 0.416 e. The average molecular weight is 736 g/mol. The van der Waals surface area contributed by atoms with Crippen LogP contribution in [0.15, 0.2) is 68.4 Å². The van der Waals surface area contributed by atoms with E-state index in [9.17, 15) is 37.7 Å². The molecule has 16 heteroatoms. The summed E-state index contributed by atoms with van der Waals surface area (Å²) in [6, 6.07) is 10.8. The molecule has 0 radical (unpaired) electrons. The molecular formula is C25H13Br2ClF3N3O6S. The quantitative estimate of drug-likeness (QED) is 0.148. The highest BCUT2D eigenvalue weighted by atomic mass is 79.9. The Bertz CT molecular complexity index is 1640. The van der Waals surface area contributed by atoms with Crippen LogP contribution in [0.3, 0.4) is 0 Å². The summed E-state index contributed by atoms with van der Waals surface area (Å²) in [4.78, 5) is 49.2. The first kappa shape index (κ1) is 30.6. The van der Waals surface area contributed by atoms with Gasteiger partial charge in [0.2, 0.25) is 11.7 Å². The minimum absolute atomic E-state index is 0.0484. The fourth-order valence-corrected chi connectivity index (χ4v) is 5.10. The van der Waals surface area contributed by atoms with Crippen LogP contribution in [-0.2, 0) is 15.8 Å². The molecule has 1 saturated heterocycles. The van der Waals surface area contributed by atoms with E-state index in [1.54, 1.807) is 12.1 Å². The smallest absolute Gasteiger partial charge is 0.416 e. The third-order valence-corrected chi connectivity index (χ3v) is 7.97. The molecule has 0 aromatic heterocycles. The topological polar surface area (TPSA) is 119 Å². The van der Waals surface area contributed by atoms with Gasteiger partial charge in [-0.25, -0.2) is 0 Å². The monoisotopic (exact) mass is 733 g/mol. The van der Waals surface area contributed by atoms with Crippen molar-refractivity contribution in [2.24, 2.45) is 0 Å². The molecule has 9 nitrogen and oxygen atoms in total. The van der Waals surface area contributed by atoms with Gasteiger partial charge >= 0.3 is 11.9 Å². The first-order valence-corrected chi connectivity index (χ1v) is 13.8. The number of amides is 3. The van der Waals surface area contributed by atoms with E-state index in [-0.39, 0.29) is 16.2 Å². The normalized spacial score (nSPS) is 14.5. The van der Waals surface area contributed by atoms with Crippen molar-refractivity contribution in [2.75, 3.05) is 11.9 Å². The molecule has 0 unspecified atom stereocenters. The van der Waals surface area contributed by atoms with Crippen molar-refractivity contribution in [3.8, 4) is 11.5 Å². The van der Waals surface area contributed by atoms with E-state index in [2.05, 4.69) is 37.2 Å². The zero-order valence-corrected chi connectivity index (χ0v) is 24.7. The maximum atomic E-state index is 13.1. The first-order valence-electron chi connectivity index (χ1n) is 11.1. The molecule has 1 heterocycles. The predicted molar refractivity (Wildman–Crippen MR) is 153 cm³/mol. The molecule has 1 N–H and O–H groups in total. The van der Waals surface area contributed by atoms with E-state index in [0.717, 1.165) is 11.0 Å². The molecule has 3 aromatic rings. The number of carbonyl (C=O) groups is 3. The number of hydrogen-bond acceptors (Lipinski definition) is 7. The zero-order valence-electron chi connectivity index (χ0n) is 20.0. The number of nitro benzene ring substituents is 1. The lowest BCUT2D eigenvalue weighted by atomic mass is 10.1. The number of ether oxygens (including phenoxy) is 1. The van der Waals surface area contributed by atoms with Crippen molar-refractivity contribution < 1.29 is 37.2 Å². The Morgan fingerprint density at radius 1 is 1.10 bits per heavy atom. The Hall–Kier alpha value is -3.40. The zero-order chi connectivity index (χ0) is 30.1. The van der Waals surface area contributed by atoms with Crippen LogP contribution in [0.2, 0.25) is 5.02 Å². The number of alkyl halides is 3. The minimum Gasteiger partial charge on any atom is -0.449 e.